The van der Waals surface area contributed by atoms with Gasteiger partial charge >= 0.3 is 0 Å². The molecule has 4 rings (SSSR count). The Morgan fingerprint density at radius 3 is 2.65 bits per heavy atom. The molecule has 1 atom stereocenters. The van der Waals surface area contributed by atoms with Crippen molar-refractivity contribution in [1.82, 2.24) is 15.5 Å². The van der Waals surface area contributed by atoms with Gasteiger partial charge in [0.2, 0.25) is 5.91 Å². The second-order valence-electron chi connectivity index (χ2n) is 7.96. The minimum atomic E-state index is -0.326. The van der Waals surface area contributed by atoms with Gasteiger partial charge in [0, 0.05) is 32.5 Å². The number of rotatable bonds is 3. The Balaban J connectivity index is 1.28. The average Bonchev–Trinajstić information content (AvgIpc) is 3.07. The van der Waals surface area contributed by atoms with E-state index in [9.17, 15) is 9.18 Å². The largest absolute Gasteiger partial charge is 0.487 e. The molecule has 0 unspecified atom stereocenters. The first-order valence-corrected chi connectivity index (χ1v) is 9.79. The van der Waals surface area contributed by atoms with Crippen molar-refractivity contribution in [3.8, 4) is 5.75 Å². The van der Waals surface area contributed by atoms with Gasteiger partial charge in [-0.15, -0.1) is 0 Å². The van der Waals surface area contributed by atoms with Gasteiger partial charge in [0.05, 0.1) is 6.04 Å². The van der Waals surface area contributed by atoms with Gasteiger partial charge in [-0.3, -0.25) is 4.79 Å². The summed E-state index contributed by atoms with van der Waals surface area (Å²) in [5.41, 5.74) is 0.303. The van der Waals surface area contributed by atoms with Crippen LogP contribution in [0.2, 0.25) is 0 Å². The number of piperidine rings is 2. The van der Waals surface area contributed by atoms with E-state index in [4.69, 9.17) is 4.74 Å². The molecule has 3 heterocycles. The SMILES string of the molecule is O=C([C@@H]1CC2(CCNCC2)CN1)N1CCC(Oc2ccccc2F)CC1. The van der Waals surface area contributed by atoms with Crippen LogP contribution < -0.4 is 15.4 Å². The second kappa shape index (κ2) is 7.53. The molecule has 1 aromatic carbocycles. The standard InChI is InChI=1S/C20H28FN3O2/c21-16-3-1-2-4-18(16)26-15-5-11-24(12-6-15)19(25)17-13-20(14-23-17)7-9-22-10-8-20/h1-4,15,17,22-23H,5-14H2/t17-/m0/s1. The second-order valence-corrected chi connectivity index (χ2v) is 7.96. The van der Waals surface area contributed by atoms with Gasteiger partial charge in [0.25, 0.3) is 0 Å². The summed E-state index contributed by atoms with van der Waals surface area (Å²) in [6.45, 7) is 4.44. The van der Waals surface area contributed by atoms with Crippen LogP contribution in [-0.2, 0) is 4.79 Å². The zero-order chi connectivity index (χ0) is 18.0. The Kier molecular flexibility index (Phi) is 5.14. The third kappa shape index (κ3) is 3.71. The molecule has 0 saturated carbocycles. The van der Waals surface area contributed by atoms with Gasteiger partial charge in [-0.25, -0.2) is 4.39 Å². The minimum absolute atomic E-state index is 0.0248. The predicted molar refractivity (Wildman–Crippen MR) is 97.6 cm³/mol. The number of carbonyl (C=O) groups excluding carboxylic acids is 1. The number of carbonyl (C=O) groups is 1. The van der Waals surface area contributed by atoms with E-state index in [1.165, 1.54) is 6.07 Å². The number of para-hydroxylation sites is 1. The first-order valence-electron chi connectivity index (χ1n) is 9.79. The van der Waals surface area contributed by atoms with E-state index < -0.39 is 0 Å². The molecule has 3 fully saturated rings. The fourth-order valence-electron chi connectivity index (χ4n) is 4.56. The van der Waals surface area contributed by atoms with Crippen molar-refractivity contribution in [2.75, 3.05) is 32.7 Å². The van der Waals surface area contributed by atoms with Crippen molar-refractivity contribution in [3.05, 3.63) is 30.1 Å². The van der Waals surface area contributed by atoms with E-state index in [1.807, 2.05) is 4.90 Å². The van der Waals surface area contributed by atoms with Crippen LogP contribution in [0, 0.1) is 11.2 Å². The summed E-state index contributed by atoms with van der Waals surface area (Å²) in [5, 5.41) is 6.88. The number of nitrogens with one attached hydrogen (secondary N) is 2. The van der Waals surface area contributed by atoms with Gasteiger partial charge < -0.3 is 20.3 Å². The molecule has 26 heavy (non-hydrogen) atoms. The Labute approximate surface area is 154 Å². The maximum Gasteiger partial charge on any atom is 0.239 e. The third-order valence-electron chi connectivity index (χ3n) is 6.21. The first-order chi connectivity index (χ1) is 12.7. The summed E-state index contributed by atoms with van der Waals surface area (Å²) >= 11 is 0. The van der Waals surface area contributed by atoms with Crippen LogP contribution in [0.5, 0.6) is 5.75 Å². The summed E-state index contributed by atoms with van der Waals surface area (Å²) in [7, 11) is 0. The molecule has 0 aliphatic carbocycles. The Morgan fingerprint density at radius 2 is 1.92 bits per heavy atom. The lowest BCUT2D eigenvalue weighted by molar-refractivity contribution is -0.135. The van der Waals surface area contributed by atoms with Crippen LogP contribution in [0.4, 0.5) is 4.39 Å². The van der Waals surface area contributed by atoms with Crippen molar-refractivity contribution in [2.45, 2.75) is 44.2 Å². The Morgan fingerprint density at radius 1 is 1.19 bits per heavy atom. The maximum absolute atomic E-state index is 13.7. The van der Waals surface area contributed by atoms with Crippen molar-refractivity contribution in [2.24, 2.45) is 5.41 Å². The number of ether oxygens (including phenoxy) is 1. The monoisotopic (exact) mass is 361 g/mol. The molecule has 1 amide bonds. The molecule has 142 valence electrons. The van der Waals surface area contributed by atoms with Crippen LogP contribution in [0.3, 0.4) is 0 Å². The zero-order valence-electron chi connectivity index (χ0n) is 15.2. The molecular weight excluding hydrogens is 333 g/mol. The average molecular weight is 361 g/mol. The smallest absolute Gasteiger partial charge is 0.239 e. The molecule has 6 heteroatoms. The topological polar surface area (TPSA) is 53.6 Å². The normalized spacial score (nSPS) is 26.2. The number of benzene rings is 1. The van der Waals surface area contributed by atoms with E-state index in [1.54, 1.807) is 18.2 Å². The fraction of sp³-hybridized carbons (Fsp3) is 0.650. The van der Waals surface area contributed by atoms with Gasteiger partial charge in [-0.1, -0.05) is 12.1 Å². The molecule has 3 aliphatic heterocycles. The van der Waals surface area contributed by atoms with Crippen LogP contribution in [0.15, 0.2) is 24.3 Å². The molecule has 1 spiro atoms. The summed E-state index contributed by atoms with van der Waals surface area (Å²) in [6, 6.07) is 6.47. The number of halogens is 1. The zero-order valence-corrected chi connectivity index (χ0v) is 15.2. The molecule has 0 radical (unpaired) electrons. The Hall–Kier alpha value is -1.66. The minimum Gasteiger partial charge on any atom is -0.487 e. The van der Waals surface area contributed by atoms with E-state index in [0.717, 1.165) is 51.7 Å². The number of hydrogen-bond acceptors (Lipinski definition) is 4. The number of nitrogens with zero attached hydrogens (tertiary/aromatic N) is 1. The van der Waals surface area contributed by atoms with Gasteiger partial charge in [0.1, 0.15) is 6.10 Å². The highest BCUT2D eigenvalue weighted by molar-refractivity contribution is 5.82. The van der Waals surface area contributed by atoms with Crippen molar-refractivity contribution in [1.29, 1.82) is 0 Å². The quantitative estimate of drug-likeness (QED) is 0.864. The molecule has 0 aromatic heterocycles. The van der Waals surface area contributed by atoms with Crippen molar-refractivity contribution in [3.63, 3.8) is 0 Å². The van der Waals surface area contributed by atoms with Crippen LogP contribution in [-0.4, -0.2) is 55.7 Å². The number of amides is 1. The molecule has 3 saturated heterocycles. The van der Waals surface area contributed by atoms with Crippen LogP contribution in [0.1, 0.15) is 32.1 Å². The highest BCUT2D eigenvalue weighted by atomic mass is 19.1. The van der Waals surface area contributed by atoms with Gasteiger partial charge in [-0.2, -0.15) is 0 Å². The van der Waals surface area contributed by atoms with Crippen molar-refractivity contribution < 1.29 is 13.9 Å². The summed E-state index contributed by atoms with van der Waals surface area (Å²) in [6.07, 6.45) is 4.75. The molecule has 3 aliphatic rings. The number of hydrogen-bond donors (Lipinski definition) is 2. The predicted octanol–water partition coefficient (Wildman–Crippen LogP) is 1.93. The molecule has 5 nitrogen and oxygen atoms in total. The molecule has 0 bridgehead atoms. The lowest BCUT2D eigenvalue weighted by atomic mass is 9.77. The maximum atomic E-state index is 13.7. The van der Waals surface area contributed by atoms with Crippen LogP contribution in [0.25, 0.3) is 0 Å². The lowest BCUT2D eigenvalue weighted by Gasteiger charge is -2.35. The molecule has 2 N–H and O–H groups in total. The summed E-state index contributed by atoms with van der Waals surface area (Å²) < 4.78 is 19.5. The lowest BCUT2D eigenvalue weighted by Crippen LogP contribution is -2.48. The summed E-state index contributed by atoms with van der Waals surface area (Å²) in [5.74, 6) is 0.209. The molecule has 1 aromatic rings. The van der Waals surface area contributed by atoms with E-state index in [0.29, 0.717) is 24.3 Å². The van der Waals surface area contributed by atoms with E-state index >= 15 is 0 Å². The molecular formula is C20H28FN3O2. The third-order valence-corrected chi connectivity index (χ3v) is 6.21. The van der Waals surface area contributed by atoms with E-state index in [-0.39, 0.29) is 23.9 Å². The highest BCUT2D eigenvalue weighted by Crippen LogP contribution is 2.38. The van der Waals surface area contributed by atoms with Crippen molar-refractivity contribution >= 4 is 5.91 Å². The van der Waals surface area contributed by atoms with Crippen LogP contribution >= 0.6 is 0 Å². The first kappa shape index (κ1) is 17.7. The number of likely N-dealkylation sites (tertiary alicyclic amines) is 1. The Bertz CT molecular complexity index is 640. The highest BCUT2D eigenvalue weighted by Gasteiger charge is 2.43. The summed E-state index contributed by atoms with van der Waals surface area (Å²) in [4.78, 5) is 14.8. The van der Waals surface area contributed by atoms with Gasteiger partial charge in [0.15, 0.2) is 11.6 Å². The fourth-order valence-corrected chi connectivity index (χ4v) is 4.56. The van der Waals surface area contributed by atoms with E-state index in [2.05, 4.69) is 10.6 Å². The van der Waals surface area contributed by atoms with Gasteiger partial charge in [-0.05, 0) is 49.9 Å².